The normalized spacial score (nSPS) is 21.3. The summed E-state index contributed by atoms with van der Waals surface area (Å²) in [5.74, 6) is -0.637. The molecule has 0 radical (unpaired) electrons. The van der Waals surface area contributed by atoms with Crippen LogP contribution in [0.3, 0.4) is 0 Å². The summed E-state index contributed by atoms with van der Waals surface area (Å²) in [5.41, 5.74) is 0.811. The van der Waals surface area contributed by atoms with Crippen LogP contribution in [0.4, 0.5) is 0 Å². The van der Waals surface area contributed by atoms with Gasteiger partial charge in [0, 0.05) is 25.9 Å². The number of hydrogen-bond donors (Lipinski definition) is 1. The minimum absolute atomic E-state index is 0.0445. The van der Waals surface area contributed by atoms with E-state index in [4.69, 9.17) is 4.74 Å². The monoisotopic (exact) mass is 380 g/mol. The second-order valence-corrected chi connectivity index (χ2v) is 9.00. The zero-order valence-electron chi connectivity index (χ0n) is 14.6. The van der Waals surface area contributed by atoms with Crippen LogP contribution in [-0.4, -0.2) is 55.4 Å². The Morgan fingerprint density at radius 3 is 2.35 bits per heavy atom. The van der Waals surface area contributed by atoms with Crippen LogP contribution < -0.4 is 5.32 Å². The SMILES string of the molecule is O=C1CCN(S(=O)(=O)C2(C(=O)OCc3ccccc3)CCNCC2)CC1. The molecule has 1 aromatic carbocycles. The summed E-state index contributed by atoms with van der Waals surface area (Å²) in [4.78, 5) is 24.4. The maximum absolute atomic E-state index is 13.3. The van der Waals surface area contributed by atoms with Gasteiger partial charge in [0.25, 0.3) is 0 Å². The molecule has 2 aliphatic heterocycles. The third-order valence-electron chi connectivity index (χ3n) is 5.11. The number of ether oxygens (including phenoxy) is 1. The van der Waals surface area contributed by atoms with E-state index in [-0.39, 0.29) is 51.2 Å². The molecule has 2 aliphatic rings. The van der Waals surface area contributed by atoms with Gasteiger partial charge in [0.15, 0.2) is 4.75 Å². The molecule has 0 aromatic heterocycles. The highest BCUT2D eigenvalue weighted by molar-refractivity contribution is 7.91. The van der Waals surface area contributed by atoms with Crippen LogP contribution in [0.25, 0.3) is 0 Å². The molecule has 0 spiro atoms. The Hall–Kier alpha value is -1.77. The summed E-state index contributed by atoms with van der Waals surface area (Å²) >= 11 is 0. The maximum Gasteiger partial charge on any atom is 0.329 e. The van der Waals surface area contributed by atoms with Gasteiger partial charge in [0.1, 0.15) is 12.4 Å². The van der Waals surface area contributed by atoms with Crippen LogP contribution in [0.15, 0.2) is 30.3 Å². The van der Waals surface area contributed by atoms with Gasteiger partial charge in [-0.05, 0) is 31.5 Å². The largest absolute Gasteiger partial charge is 0.460 e. The summed E-state index contributed by atoms with van der Waals surface area (Å²) in [6.07, 6.45) is 0.750. The molecule has 2 saturated heterocycles. The van der Waals surface area contributed by atoms with E-state index in [9.17, 15) is 18.0 Å². The Balaban J connectivity index is 1.81. The standard InChI is InChI=1S/C18H24N2O5S/c21-16-6-12-20(13-7-16)26(23,24)18(8-10-19-11-9-18)17(22)25-14-15-4-2-1-3-5-15/h1-5,19H,6-14H2. The number of ketones is 1. The zero-order chi connectivity index (χ0) is 18.6. The minimum Gasteiger partial charge on any atom is -0.460 e. The number of piperidine rings is 2. The maximum atomic E-state index is 13.3. The molecule has 0 amide bonds. The summed E-state index contributed by atoms with van der Waals surface area (Å²) in [5, 5.41) is 3.11. The lowest BCUT2D eigenvalue weighted by Crippen LogP contribution is -2.59. The molecule has 2 fully saturated rings. The quantitative estimate of drug-likeness (QED) is 0.761. The third kappa shape index (κ3) is 3.67. The summed E-state index contributed by atoms with van der Waals surface area (Å²) in [6.45, 7) is 1.20. The highest BCUT2D eigenvalue weighted by atomic mass is 32.2. The Morgan fingerprint density at radius 1 is 1.12 bits per heavy atom. The lowest BCUT2D eigenvalue weighted by Gasteiger charge is -2.39. The van der Waals surface area contributed by atoms with Crippen molar-refractivity contribution in [3.63, 3.8) is 0 Å². The predicted octanol–water partition coefficient (Wildman–Crippen LogP) is 0.847. The van der Waals surface area contributed by atoms with Gasteiger partial charge < -0.3 is 10.1 Å². The number of nitrogens with one attached hydrogen (secondary N) is 1. The Morgan fingerprint density at radius 2 is 1.73 bits per heavy atom. The summed E-state index contributed by atoms with van der Waals surface area (Å²) < 4.78 is 31.8. The first-order chi connectivity index (χ1) is 12.5. The van der Waals surface area contributed by atoms with Gasteiger partial charge in [-0.15, -0.1) is 0 Å². The average molecular weight is 380 g/mol. The van der Waals surface area contributed by atoms with Gasteiger partial charge in [-0.3, -0.25) is 9.59 Å². The molecule has 8 heteroatoms. The van der Waals surface area contributed by atoms with Crippen LogP contribution >= 0.6 is 0 Å². The molecule has 0 unspecified atom stereocenters. The first kappa shape index (κ1) is 19.0. The number of Topliss-reactive ketones (excluding diaryl/α,β-unsaturated/α-hetero) is 1. The van der Waals surface area contributed by atoms with Crippen LogP contribution in [0, 0.1) is 0 Å². The molecule has 1 aromatic rings. The first-order valence-electron chi connectivity index (χ1n) is 8.89. The van der Waals surface area contributed by atoms with Gasteiger partial charge >= 0.3 is 5.97 Å². The molecular formula is C18H24N2O5S. The molecule has 0 bridgehead atoms. The van der Waals surface area contributed by atoms with Crippen molar-refractivity contribution in [2.24, 2.45) is 0 Å². The van der Waals surface area contributed by atoms with E-state index in [1.54, 1.807) is 0 Å². The van der Waals surface area contributed by atoms with Crippen LogP contribution in [0.5, 0.6) is 0 Å². The molecule has 2 heterocycles. The van der Waals surface area contributed by atoms with Gasteiger partial charge in [-0.2, -0.15) is 0 Å². The van der Waals surface area contributed by atoms with Gasteiger partial charge in [-0.25, -0.2) is 12.7 Å². The van der Waals surface area contributed by atoms with Crippen molar-refractivity contribution in [1.29, 1.82) is 0 Å². The van der Waals surface area contributed by atoms with E-state index in [1.807, 2.05) is 30.3 Å². The molecule has 26 heavy (non-hydrogen) atoms. The molecule has 3 rings (SSSR count). The van der Waals surface area contributed by atoms with Crippen molar-refractivity contribution >= 4 is 21.8 Å². The van der Waals surface area contributed by atoms with Crippen molar-refractivity contribution in [1.82, 2.24) is 9.62 Å². The molecule has 0 aliphatic carbocycles. The fourth-order valence-electron chi connectivity index (χ4n) is 3.48. The second kappa shape index (κ2) is 7.85. The van der Waals surface area contributed by atoms with Crippen molar-refractivity contribution < 1.29 is 22.7 Å². The van der Waals surface area contributed by atoms with Crippen LogP contribution in [-0.2, 0) is 31.0 Å². The van der Waals surface area contributed by atoms with Gasteiger partial charge in [0.2, 0.25) is 10.0 Å². The van der Waals surface area contributed by atoms with E-state index < -0.39 is 20.7 Å². The predicted molar refractivity (Wildman–Crippen MR) is 95.8 cm³/mol. The fourth-order valence-corrected chi connectivity index (χ4v) is 5.62. The van der Waals surface area contributed by atoms with E-state index in [1.165, 1.54) is 4.31 Å². The topological polar surface area (TPSA) is 92.8 Å². The number of hydrogen-bond acceptors (Lipinski definition) is 6. The number of nitrogens with zero attached hydrogens (tertiary/aromatic N) is 1. The number of esters is 1. The Kier molecular flexibility index (Phi) is 5.74. The third-order valence-corrected chi connectivity index (χ3v) is 7.72. The van der Waals surface area contributed by atoms with Crippen molar-refractivity contribution in [3.05, 3.63) is 35.9 Å². The highest BCUT2D eigenvalue weighted by Crippen LogP contribution is 2.34. The lowest BCUT2D eigenvalue weighted by molar-refractivity contribution is -0.149. The molecule has 1 N–H and O–H groups in total. The molecular weight excluding hydrogens is 356 g/mol. The molecule has 0 atom stereocenters. The number of carbonyl (C=O) groups is 2. The van der Waals surface area contributed by atoms with Crippen molar-refractivity contribution in [2.75, 3.05) is 26.2 Å². The highest BCUT2D eigenvalue weighted by Gasteiger charge is 2.55. The number of carbonyl (C=O) groups excluding carboxylic acids is 2. The number of benzene rings is 1. The van der Waals surface area contributed by atoms with Crippen molar-refractivity contribution in [2.45, 2.75) is 37.0 Å². The van der Waals surface area contributed by atoms with E-state index in [2.05, 4.69) is 5.32 Å². The number of rotatable bonds is 5. The van der Waals surface area contributed by atoms with Crippen molar-refractivity contribution in [3.8, 4) is 0 Å². The Labute approximate surface area is 153 Å². The Bertz CT molecular complexity index is 747. The van der Waals surface area contributed by atoms with E-state index in [0.29, 0.717) is 13.1 Å². The van der Waals surface area contributed by atoms with Crippen LogP contribution in [0.1, 0.15) is 31.2 Å². The smallest absolute Gasteiger partial charge is 0.329 e. The molecule has 142 valence electrons. The first-order valence-corrected chi connectivity index (χ1v) is 10.3. The van der Waals surface area contributed by atoms with E-state index in [0.717, 1.165) is 5.56 Å². The lowest BCUT2D eigenvalue weighted by atomic mass is 9.97. The summed E-state index contributed by atoms with van der Waals surface area (Å²) in [6, 6.07) is 9.19. The van der Waals surface area contributed by atoms with E-state index >= 15 is 0 Å². The second-order valence-electron chi connectivity index (χ2n) is 6.75. The molecule has 7 nitrogen and oxygen atoms in total. The fraction of sp³-hybridized carbons (Fsp3) is 0.556. The molecule has 0 saturated carbocycles. The van der Waals surface area contributed by atoms with Gasteiger partial charge in [-0.1, -0.05) is 30.3 Å². The van der Waals surface area contributed by atoms with Crippen LogP contribution in [0.2, 0.25) is 0 Å². The summed E-state index contributed by atoms with van der Waals surface area (Å²) in [7, 11) is -3.91. The zero-order valence-corrected chi connectivity index (χ0v) is 15.5. The van der Waals surface area contributed by atoms with Gasteiger partial charge in [0.05, 0.1) is 0 Å². The minimum atomic E-state index is -3.91. The average Bonchev–Trinajstić information content (AvgIpc) is 2.67. The number of sulfonamides is 1.